The Kier molecular flexibility index (Phi) is 3.12. The van der Waals surface area contributed by atoms with E-state index in [1.165, 1.54) is 6.92 Å². The second-order valence-electron chi connectivity index (χ2n) is 3.14. The van der Waals surface area contributed by atoms with Crippen LogP contribution in [0.1, 0.15) is 29.8 Å². The molecule has 0 bridgehead atoms. The molecule has 14 heavy (non-hydrogen) atoms. The molecule has 3 nitrogen and oxygen atoms in total. The minimum atomic E-state index is -0.0263. The zero-order valence-electron chi connectivity index (χ0n) is 8.76. The van der Waals surface area contributed by atoms with Gasteiger partial charge in [0, 0.05) is 16.8 Å². The van der Waals surface area contributed by atoms with Gasteiger partial charge >= 0.3 is 0 Å². The van der Waals surface area contributed by atoms with Gasteiger partial charge in [-0.3, -0.25) is 4.79 Å². The lowest BCUT2D eigenvalue weighted by Gasteiger charge is -2.11. The van der Waals surface area contributed by atoms with Gasteiger partial charge in [-0.1, -0.05) is 0 Å². The van der Waals surface area contributed by atoms with Crippen LogP contribution in [0.2, 0.25) is 0 Å². The number of benzene rings is 1. The van der Waals surface area contributed by atoms with Gasteiger partial charge in [0.15, 0.2) is 5.78 Å². The Labute approximate surface area is 83.9 Å². The highest BCUT2D eigenvalue weighted by atomic mass is 16.5. The third kappa shape index (κ3) is 1.87. The van der Waals surface area contributed by atoms with Crippen molar-refractivity contribution in [2.24, 2.45) is 0 Å². The molecule has 0 saturated carbocycles. The van der Waals surface area contributed by atoms with Crippen LogP contribution in [0, 0.1) is 6.92 Å². The third-order valence-corrected chi connectivity index (χ3v) is 2.10. The van der Waals surface area contributed by atoms with E-state index in [0.29, 0.717) is 17.9 Å². The van der Waals surface area contributed by atoms with Gasteiger partial charge in [-0.2, -0.15) is 0 Å². The van der Waals surface area contributed by atoms with Crippen molar-refractivity contribution in [3.05, 3.63) is 23.3 Å². The lowest BCUT2D eigenvalue weighted by atomic mass is 10.0. The number of hydrogen-bond donors (Lipinski definition) is 1. The molecule has 76 valence electrons. The topological polar surface area (TPSA) is 52.3 Å². The van der Waals surface area contributed by atoms with Crippen LogP contribution < -0.4 is 10.5 Å². The molecule has 0 unspecified atom stereocenters. The number of anilines is 1. The van der Waals surface area contributed by atoms with Crippen molar-refractivity contribution in [1.29, 1.82) is 0 Å². The number of carbonyl (C=O) groups excluding carboxylic acids is 1. The van der Waals surface area contributed by atoms with Crippen LogP contribution in [0.3, 0.4) is 0 Å². The van der Waals surface area contributed by atoms with E-state index in [4.69, 9.17) is 10.5 Å². The van der Waals surface area contributed by atoms with E-state index in [0.717, 1.165) is 11.3 Å². The first kappa shape index (κ1) is 10.6. The number of nitrogen functional groups attached to an aromatic ring is 1. The molecule has 0 saturated heterocycles. The SMILES string of the molecule is CCOc1ccc(N)c(C(C)=O)c1C. The molecule has 0 radical (unpaired) electrons. The molecule has 0 fully saturated rings. The fraction of sp³-hybridized carbons (Fsp3) is 0.364. The van der Waals surface area contributed by atoms with Gasteiger partial charge in [0.2, 0.25) is 0 Å². The van der Waals surface area contributed by atoms with E-state index in [9.17, 15) is 4.79 Å². The number of ether oxygens (including phenoxy) is 1. The van der Waals surface area contributed by atoms with Gasteiger partial charge < -0.3 is 10.5 Å². The molecule has 0 spiro atoms. The predicted molar refractivity (Wildman–Crippen MR) is 56.8 cm³/mol. The molecule has 0 atom stereocenters. The van der Waals surface area contributed by atoms with Crippen molar-refractivity contribution >= 4 is 11.5 Å². The van der Waals surface area contributed by atoms with Gasteiger partial charge in [-0.15, -0.1) is 0 Å². The summed E-state index contributed by atoms with van der Waals surface area (Å²) >= 11 is 0. The van der Waals surface area contributed by atoms with E-state index in [2.05, 4.69) is 0 Å². The van der Waals surface area contributed by atoms with Crippen LogP contribution in [-0.2, 0) is 0 Å². The van der Waals surface area contributed by atoms with E-state index >= 15 is 0 Å². The maximum absolute atomic E-state index is 11.3. The standard InChI is InChI=1S/C11H15NO2/c1-4-14-10-6-5-9(12)11(7(10)2)8(3)13/h5-6H,4,12H2,1-3H3. The summed E-state index contributed by atoms with van der Waals surface area (Å²) in [6, 6.07) is 3.50. The maximum atomic E-state index is 11.3. The zero-order valence-corrected chi connectivity index (χ0v) is 8.76. The number of rotatable bonds is 3. The molecule has 0 heterocycles. The smallest absolute Gasteiger partial charge is 0.162 e. The summed E-state index contributed by atoms with van der Waals surface area (Å²) in [7, 11) is 0. The summed E-state index contributed by atoms with van der Waals surface area (Å²) in [5.74, 6) is 0.702. The Hall–Kier alpha value is -1.51. The average Bonchev–Trinajstić information content (AvgIpc) is 2.10. The van der Waals surface area contributed by atoms with Gasteiger partial charge in [-0.05, 0) is 32.9 Å². The summed E-state index contributed by atoms with van der Waals surface area (Å²) in [5, 5.41) is 0. The monoisotopic (exact) mass is 193 g/mol. The number of ketones is 1. The first-order chi connectivity index (χ1) is 6.57. The molecule has 0 aromatic heterocycles. The minimum absolute atomic E-state index is 0.0263. The van der Waals surface area contributed by atoms with Crippen LogP contribution in [0.25, 0.3) is 0 Å². The van der Waals surface area contributed by atoms with Gasteiger partial charge in [0.25, 0.3) is 0 Å². The van der Waals surface area contributed by atoms with E-state index in [-0.39, 0.29) is 5.78 Å². The summed E-state index contributed by atoms with van der Waals surface area (Å²) in [4.78, 5) is 11.3. The van der Waals surface area contributed by atoms with Crippen molar-refractivity contribution in [1.82, 2.24) is 0 Å². The predicted octanol–water partition coefficient (Wildman–Crippen LogP) is 2.18. The fourth-order valence-corrected chi connectivity index (χ4v) is 1.49. The van der Waals surface area contributed by atoms with Crippen molar-refractivity contribution < 1.29 is 9.53 Å². The van der Waals surface area contributed by atoms with Crippen molar-refractivity contribution in [3.8, 4) is 5.75 Å². The highest BCUT2D eigenvalue weighted by Crippen LogP contribution is 2.26. The molecular formula is C11H15NO2. The Morgan fingerprint density at radius 1 is 1.50 bits per heavy atom. The normalized spacial score (nSPS) is 9.93. The van der Waals surface area contributed by atoms with Crippen LogP contribution in [0.4, 0.5) is 5.69 Å². The Morgan fingerprint density at radius 2 is 2.14 bits per heavy atom. The van der Waals surface area contributed by atoms with Crippen LogP contribution in [-0.4, -0.2) is 12.4 Å². The minimum Gasteiger partial charge on any atom is -0.494 e. The Balaban J connectivity index is 3.26. The molecule has 2 N–H and O–H groups in total. The second kappa shape index (κ2) is 4.13. The van der Waals surface area contributed by atoms with Crippen LogP contribution >= 0.6 is 0 Å². The molecule has 1 aromatic rings. The lowest BCUT2D eigenvalue weighted by molar-refractivity contribution is 0.101. The van der Waals surface area contributed by atoms with E-state index in [1.54, 1.807) is 12.1 Å². The molecule has 0 aliphatic rings. The number of carbonyl (C=O) groups is 1. The lowest BCUT2D eigenvalue weighted by Crippen LogP contribution is -2.05. The molecule has 3 heteroatoms. The van der Waals surface area contributed by atoms with E-state index < -0.39 is 0 Å². The Bertz CT molecular complexity index is 359. The maximum Gasteiger partial charge on any atom is 0.162 e. The summed E-state index contributed by atoms with van der Waals surface area (Å²) in [5.41, 5.74) is 7.61. The van der Waals surface area contributed by atoms with E-state index in [1.807, 2.05) is 13.8 Å². The van der Waals surface area contributed by atoms with Gasteiger partial charge in [-0.25, -0.2) is 0 Å². The quantitative estimate of drug-likeness (QED) is 0.591. The first-order valence-corrected chi connectivity index (χ1v) is 4.60. The van der Waals surface area contributed by atoms with Crippen molar-refractivity contribution in [2.75, 3.05) is 12.3 Å². The summed E-state index contributed by atoms with van der Waals surface area (Å²) in [6.45, 7) is 5.85. The van der Waals surface area contributed by atoms with Gasteiger partial charge in [0.05, 0.1) is 6.61 Å². The van der Waals surface area contributed by atoms with Gasteiger partial charge in [0.1, 0.15) is 5.75 Å². The zero-order chi connectivity index (χ0) is 10.7. The molecular weight excluding hydrogens is 178 g/mol. The number of hydrogen-bond acceptors (Lipinski definition) is 3. The number of Topliss-reactive ketones (excluding diaryl/α,β-unsaturated/α-hetero) is 1. The van der Waals surface area contributed by atoms with Crippen LogP contribution in [0.5, 0.6) is 5.75 Å². The van der Waals surface area contributed by atoms with Crippen LogP contribution in [0.15, 0.2) is 12.1 Å². The third-order valence-electron chi connectivity index (χ3n) is 2.10. The average molecular weight is 193 g/mol. The molecule has 1 aromatic carbocycles. The van der Waals surface area contributed by atoms with Crippen molar-refractivity contribution in [3.63, 3.8) is 0 Å². The highest BCUT2D eigenvalue weighted by molar-refractivity contribution is 6.01. The first-order valence-electron chi connectivity index (χ1n) is 4.60. The Morgan fingerprint density at radius 3 is 2.64 bits per heavy atom. The fourth-order valence-electron chi connectivity index (χ4n) is 1.49. The molecule has 0 aliphatic carbocycles. The second-order valence-corrected chi connectivity index (χ2v) is 3.14. The molecule has 1 rings (SSSR count). The number of nitrogens with two attached hydrogens (primary N) is 1. The summed E-state index contributed by atoms with van der Waals surface area (Å²) < 4.78 is 5.37. The summed E-state index contributed by atoms with van der Waals surface area (Å²) in [6.07, 6.45) is 0. The highest BCUT2D eigenvalue weighted by Gasteiger charge is 2.12. The van der Waals surface area contributed by atoms with Crippen molar-refractivity contribution in [2.45, 2.75) is 20.8 Å². The molecule has 0 aliphatic heterocycles. The largest absolute Gasteiger partial charge is 0.494 e. The molecule has 0 amide bonds.